The van der Waals surface area contributed by atoms with Gasteiger partial charge in [0.25, 0.3) is 0 Å². The Balaban J connectivity index is 1.31. The number of fused-ring (bicyclic) bond motifs is 2. The molecule has 4 heterocycles. The van der Waals surface area contributed by atoms with E-state index < -0.39 is 17.3 Å². The number of aromatic nitrogens is 6. The van der Waals surface area contributed by atoms with Gasteiger partial charge in [-0.25, -0.2) is 23.8 Å². The first kappa shape index (κ1) is 29.9. The molecule has 11 nitrogen and oxygen atoms in total. The number of carbonyl (C=O) groups excluding carboxylic acids is 2. The molecule has 4 aromatic heterocycles. The molecule has 0 saturated heterocycles. The first-order valence-electron chi connectivity index (χ1n) is 15.0. The average molecular weight is 618 g/mol. The van der Waals surface area contributed by atoms with Gasteiger partial charge in [0.1, 0.15) is 21.7 Å². The van der Waals surface area contributed by atoms with Crippen LogP contribution >= 0.6 is 11.3 Å². The van der Waals surface area contributed by atoms with Gasteiger partial charge in [-0.3, -0.25) is 4.40 Å². The summed E-state index contributed by atoms with van der Waals surface area (Å²) >= 11 is 1.60. The fourth-order valence-corrected chi connectivity index (χ4v) is 6.19. The Bertz CT molecular complexity index is 1780. The molecule has 1 aromatic carbocycles. The van der Waals surface area contributed by atoms with E-state index in [-0.39, 0.29) is 12.6 Å². The van der Waals surface area contributed by atoms with Crippen LogP contribution < -0.4 is 0 Å². The maximum atomic E-state index is 13.7. The van der Waals surface area contributed by atoms with Crippen molar-refractivity contribution >= 4 is 39.3 Å². The van der Waals surface area contributed by atoms with Crippen molar-refractivity contribution in [3.05, 3.63) is 60.4 Å². The van der Waals surface area contributed by atoms with Crippen molar-refractivity contribution in [2.45, 2.75) is 85.1 Å². The summed E-state index contributed by atoms with van der Waals surface area (Å²) in [5.74, 6) is 0.432. The molecule has 6 rings (SSSR count). The number of nitrogens with zero attached hydrogens (tertiary/aromatic N) is 7. The third-order valence-electron chi connectivity index (χ3n) is 7.47. The number of hydrogen-bond donors (Lipinski definition) is 0. The zero-order valence-electron chi connectivity index (χ0n) is 26.1. The second kappa shape index (κ2) is 11.4. The number of imidazole rings is 1. The number of hydrogen-bond acceptors (Lipinski definition) is 8. The van der Waals surface area contributed by atoms with Crippen LogP contribution in [0.2, 0.25) is 0 Å². The highest BCUT2D eigenvalue weighted by Gasteiger charge is 2.30. The van der Waals surface area contributed by atoms with Crippen molar-refractivity contribution in [1.29, 1.82) is 0 Å². The van der Waals surface area contributed by atoms with Gasteiger partial charge < -0.3 is 14.4 Å². The number of carbonyl (C=O) groups is 2. The zero-order valence-corrected chi connectivity index (χ0v) is 26.9. The molecule has 1 amide bonds. The second-order valence-electron chi connectivity index (χ2n) is 13.5. The summed E-state index contributed by atoms with van der Waals surface area (Å²) in [5.41, 5.74) is 1.79. The lowest BCUT2D eigenvalue weighted by Gasteiger charge is -2.33. The molecule has 0 unspecified atom stereocenters. The van der Waals surface area contributed by atoms with Crippen LogP contribution in [0, 0.1) is 5.92 Å². The molecule has 0 radical (unpaired) electrons. The second-order valence-corrected chi connectivity index (χ2v) is 14.6. The van der Waals surface area contributed by atoms with Gasteiger partial charge in [0, 0.05) is 23.8 Å². The lowest BCUT2D eigenvalue weighted by molar-refractivity contribution is 0.0163. The fourth-order valence-electron chi connectivity index (χ4n) is 5.28. The lowest BCUT2D eigenvalue weighted by Crippen LogP contribution is -2.41. The van der Waals surface area contributed by atoms with Gasteiger partial charge in [0.15, 0.2) is 0 Å². The quantitative estimate of drug-likeness (QED) is 0.194. The van der Waals surface area contributed by atoms with Crippen molar-refractivity contribution in [3.8, 4) is 10.6 Å². The average Bonchev–Trinajstić information content (AvgIpc) is 3.65. The number of rotatable bonds is 7. The Hall–Kier alpha value is -4.19. The molecule has 1 aliphatic carbocycles. The molecule has 1 aliphatic rings. The molecule has 44 heavy (non-hydrogen) atoms. The topological polar surface area (TPSA) is 109 Å². The maximum absolute atomic E-state index is 13.7. The summed E-state index contributed by atoms with van der Waals surface area (Å²) in [5, 5.41) is 9.61. The van der Waals surface area contributed by atoms with Crippen LogP contribution in [-0.2, 0) is 22.6 Å². The number of amides is 1. The van der Waals surface area contributed by atoms with E-state index >= 15 is 0 Å². The van der Waals surface area contributed by atoms with Crippen molar-refractivity contribution in [2.75, 3.05) is 6.54 Å². The lowest BCUT2D eigenvalue weighted by atomic mass is 9.85. The Morgan fingerprint density at radius 2 is 1.82 bits per heavy atom. The van der Waals surface area contributed by atoms with E-state index in [0.29, 0.717) is 30.2 Å². The molecule has 0 N–H and O–H groups in total. The molecule has 0 spiro atoms. The van der Waals surface area contributed by atoms with Gasteiger partial charge in [-0.2, -0.15) is 0 Å². The molecule has 232 valence electrons. The third kappa shape index (κ3) is 6.64. The summed E-state index contributed by atoms with van der Waals surface area (Å²) in [6, 6.07) is 7.96. The van der Waals surface area contributed by atoms with Gasteiger partial charge >= 0.3 is 12.2 Å². The van der Waals surface area contributed by atoms with Gasteiger partial charge in [0.2, 0.25) is 0 Å². The van der Waals surface area contributed by atoms with E-state index in [1.807, 2.05) is 88.8 Å². The van der Waals surface area contributed by atoms with Crippen molar-refractivity contribution in [1.82, 2.24) is 33.8 Å². The van der Waals surface area contributed by atoms with Gasteiger partial charge in [-0.15, -0.1) is 16.4 Å². The Kier molecular flexibility index (Phi) is 7.73. The first-order valence-corrected chi connectivity index (χ1v) is 15.8. The van der Waals surface area contributed by atoms with Crippen molar-refractivity contribution in [3.63, 3.8) is 0 Å². The number of benzene rings is 1. The SMILES string of the molecule is CC(C)(C)OC(=O)N(Cc1cc2ccc(Cn3cc(-c4cn5cncc5s4)nn3)cc2n1C(=O)OC(C)(C)C)CC1CCC1. The standard InChI is InChI=1S/C32H39N7O4S/c1-31(2,3)42-29(40)36(15-21-8-7-9-21)17-24-13-23-11-10-22(12-26(23)39(24)30(41)43-32(4,5)6)16-38-18-25(34-35-38)27-19-37-20-33-14-28(37)44-27/h10-14,18-21H,7-9,15-17H2,1-6H3. The number of ether oxygens (including phenoxy) is 2. The molecule has 1 saturated carbocycles. The van der Waals surface area contributed by atoms with Crippen molar-refractivity contribution in [2.24, 2.45) is 5.92 Å². The highest BCUT2D eigenvalue weighted by atomic mass is 32.1. The zero-order chi connectivity index (χ0) is 31.2. The minimum Gasteiger partial charge on any atom is -0.444 e. The molecule has 12 heteroatoms. The minimum atomic E-state index is -0.694. The Morgan fingerprint density at radius 3 is 2.50 bits per heavy atom. The minimum absolute atomic E-state index is 0.228. The molecule has 0 aliphatic heterocycles. The summed E-state index contributed by atoms with van der Waals surface area (Å²) in [6.45, 7) is 12.4. The predicted octanol–water partition coefficient (Wildman–Crippen LogP) is 6.98. The van der Waals surface area contributed by atoms with E-state index in [1.165, 1.54) is 6.42 Å². The van der Waals surface area contributed by atoms with E-state index in [0.717, 1.165) is 39.2 Å². The summed E-state index contributed by atoms with van der Waals surface area (Å²) < 4.78 is 17.0. The molecular weight excluding hydrogens is 578 g/mol. The van der Waals surface area contributed by atoms with Crippen LogP contribution in [0.4, 0.5) is 9.59 Å². The predicted molar refractivity (Wildman–Crippen MR) is 169 cm³/mol. The summed E-state index contributed by atoms with van der Waals surface area (Å²) in [7, 11) is 0. The smallest absolute Gasteiger partial charge is 0.419 e. The molecule has 1 fully saturated rings. The normalized spacial score (nSPS) is 14.2. The van der Waals surface area contributed by atoms with Crippen LogP contribution in [0.1, 0.15) is 72.1 Å². The van der Waals surface area contributed by atoms with Gasteiger partial charge in [0.05, 0.1) is 42.2 Å². The van der Waals surface area contributed by atoms with Crippen LogP contribution in [0.5, 0.6) is 0 Å². The van der Waals surface area contributed by atoms with Crippen LogP contribution in [0.25, 0.3) is 26.3 Å². The van der Waals surface area contributed by atoms with Gasteiger partial charge in [-0.05, 0) is 78.0 Å². The van der Waals surface area contributed by atoms with E-state index in [4.69, 9.17) is 9.47 Å². The molecule has 0 atom stereocenters. The van der Waals surface area contributed by atoms with E-state index in [9.17, 15) is 9.59 Å². The van der Waals surface area contributed by atoms with Gasteiger partial charge in [-0.1, -0.05) is 23.8 Å². The summed E-state index contributed by atoms with van der Waals surface area (Å²) in [4.78, 5) is 34.9. The number of thiazole rings is 1. The molecule has 5 aromatic rings. The van der Waals surface area contributed by atoms with Crippen LogP contribution in [0.15, 0.2) is 49.2 Å². The molecule has 0 bridgehead atoms. The highest BCUT2D eigenvalue weighted by molar-refractivity contribution is 7.20. The van der Waals surface area contributed by atoms with Crippen molar-refractivity contribution < 1.29 is 19.1 Å². The third-order valence-corrected chi connectivity index (χ3v) is 8.53. The maximum Gasteiger partial charge on any atom is 0.419 e. The Labute approximate surface area is 260 Å². The molecular formula is C32H39N7O4S. The monoisotopic (exact) mass is 617 g/mol. The fraction of sp³-hybridized carbons (Fsp3) is 0.469. The summed E-state index contributed by atoms with van der Waals surface area (Å²) in [6.07, 6.45) is 9.97. The van der Waals surface area contributed by atoms with Crippen LogP contribution in [0.3, 0.4) is 0 Å². The van der Waals surface area contributed by atoms with E-state index in [2.05, 4.69) is 15.3 Å². The Morgan fingerprint density at radius 1 is 1.05 bits per heavy atom. The first-order chi connectivity index (χ1) is 20.8. The highest BCUT2D eigenvalue weighted by Crippen LogP contribution is 2.31. The van der Waals surface area contributed by atoms with Crippen LogP contribution in [-0.4, -0.2) is 63.8 Å². The largest absolute Gasteiger partial charge is 0.444 e. The van der Waals surface area contributed by atoms with E-state index in [1.54, 1.807) is 31.8 Å².